The third-order valence-corrected chi connectivity index (χ3v) is 10.6. The van der Waals surface area contributed by atoms with Crippen molar-refractivity contribution in [2.24, 2.45) is 0 Å². The van der Waals surface area contributed by atoms with Gasteiger partial charge in [-0.25, -0.2) is 0 Å². The van der Waals surface area contributed by atoms with Crippen LogP contribution >= 0.6 is 11.6 Å². The van der Waals surface area contributed by atoms with Gasteiger partial charge in [0.1, 0.15) is 23.0 Å². The first kappa shape index (κ1) is 39.8. The number of aromatic nitrogens is 8. The van der Waals surface area contributed by atoms with Gasteiger partial charge in [0.15, 0.2) is 11.6 Å². The minimum absolute atomic E-state index is 0.477. The molecule has 1 aliphatic rings. The number of rotatable bonds is 14. The van der Waals surface area contributed by atoms with Gasteiger partial charge in [-0.15, -0.1) is 20.4 Å². The fourth-order valence-electron chi connectivity index (χ4n) is 7.23. The second kappa shape index (κ2) is 17.8. The number of aromatic amines is 2. The van der Waals surface area contributed by atoms with Crippen LogP contribution in [-0.4, -0.2) is 40.3 Å². The molecule has 7 aromatic rings. The van der Waals surface area contributed by atoms with Crippen LogP contribution in [0.1, 0.15) is 64.9 Å². The highest BCUT2D eigenvalue weighted by Gasteiger charge is 2.16. The minimum Gasteiger partial charge on any atom is -0.458 e. The number of hydrogen-bond donors (Lipinski definition) is 4. The number of ether oxygens (including phenoxy) is 2. The molecule has 0 amide bonds. The van der Waals surface area contributed by atoms with Crippen LogP contribution in [0, 0.1) is 20.8 Å². The molecule has 0 aliphatic heterocycles. The van der Waals surface area contributed by atoms with E-state index in [0.717, 1.165) is 63.6 Å². The summed E-state index contributed by atoms with van der Waals surface area (Å²) in [6.07, 6.45) is 12.4. The van der Waals surface area contributed by atoms with Gasteiger partial charge >= 0.3 is 0 Å². The Balaban J connectivity index is 0.906. The molecule has 60 heavy (non-hydrogen) atoms. The fourth-order valence-corrected chi connectivity index (χ4v) is 7.41. The predicted molar refractivity (Wildman–Crippen MR) is 237 cm³/mol. The number of nitrogens with zero attached hydrogens (tertiary/aromatic N) is 6. The zero-order chi connectivity index (χ0) is 41.6. The lowest BCUT2D eigenvalue weighted by Gasteiger charge is -2.19. The number of aryl methyl sites for hydroxylation is 4. The van der Waals surface area contributed by atoms with Crippen LogP contribution in [0.3, 0.4) is 0 Å². The number of nitrogens with one attached hydrogen (secondary N) is 4. The molecule has 0 unspecified atom stereocenters. The van der Waals surface area contributed by atoms with E-state index in [0.29, 0.717) is 58.0 Å². The van der Waals surface area contributed by atoms with Gasteiger partial charge in [0.2, 0.25) is 11.9 Å². The first-order chi connectivity index (χ1) is 29.1. The Labute approximate surface area is 353 Å². The average molecular weight is 817 g/mol. The van der Waals surface area contributed by atoms with Crippen LogP contribution in [0.15, 0.2) is 116 Å². The van der Waals surface area contributed by atoms with Crippen molar-refractivity contribution in [3.8, 4) is 28.6 Å². The smallest absolute Gasteiger partial charge is 0.226 e. The number of H-pyrrole nitrogens is 2. The van der Waals surface area contributed by atoms with Crippen LogP contribution in [0.4, 0.5) is 23.3 Å². The molecule has 3 aromatic carbocycles. The maximum absolute atomic E-state index is 6.87. The van der Waals surface area contributed by atoms with E-state index in [-0.39, 0.29) is 0 Å². The molecule has 4 heterocycles. The molecule has 0 saturated carbocycles. The van der Waals surface area contributed by atoms with Crippen LogP contribution in [0.2, 0.25) is 5.02 Å². The first-order valence-electron chi connectivity index (χ1n) is 19.8. The van der Waals surface area contributed by atoms with Crippen LogP contribution in [0.25, 0.3) is 17.0 Å². The fraction of sp³-hybridized carbons (Fsp3) is 0.191. The lowest BCUT2D eigenvalue weighted by molar-refractivity contribution is 0.446. The van der Waals surface area contributed by atoms with E-state index >= 15 is 0 Å². The van der Waals surface area contributed by atoms with Gasteiger partial charge in [-0.2, -0.15) is 0 Å². The Morgan fingerprint density at radius 1 is 0.817 bits per heavy atom. The van der Waals surface area contributed by atoms with Gasteiger partial charge in [0, 0.05) is 75.4 Å². The third kappa shape index (κ3) is 9.62. The summed E-state index contributed by atoms with van der Waals surface area (Å²) in [7, 11) is 0. The molecule has 4 aromatic heterocycles. The predicted octanol–water partition coefficient (Wildman–Crippen LogP) is 11.3. The molecular weight excluding hydrogens is 772 g/mol. The monoisotopic (exact) mass is 816 g/mol. The van der Waals surface area contributed by atoms with Gasteiger partial charge in [0.25, 0.3) is 0 Å². The summed E-state index contributed by atoms with van der Waals surface area (Å²) in [5, 5.41) is 24.9. The van der Waals surface area contributed by atoms with Gasteiger partial charge < -0.3 is 30.1 Å². The highest BCUT2D eigenvalue weighted by atomic mass is 35.5. The molecule has 0 atom stereocenters. The maximum atomic E-state index is 6.87. The summed E-state index contributed by atoms with van der Waals surface area (Å²) in [5.41, 5.74) is 10.7. The van der Waals surface area contributed by atoms with Crippen molar-refractivity contribution >= 4 is 40.4 Å². The molecule has 0 fully saturated rings. The molecule has 12 nitrogen and oxygen atoms in total. The Morgan fingerprint density at radius 2 is 1.62 bits per heavy atom. The lowest BCUT2D eigenvalue weighted by Crippen LogP contribution is -2.06. The molecule has 1 aliphatic carbocycles. The van der Waals surface area contributed by atoms with Crippen molar-refractivity contribution < 1.29 is 9.47 Å². The largest absolute Gasteiger partial charge is 0.458 e. The summed E-state index contributed by atoms with van der Waals surface area (Å²) in [6.45, 7) is 11.8. The van der Waals surface area contributed by atoms with Gasteiger partial charge in [-0.05, 0) is 136 Å². The standard InChI is InChI=1S/C47H45ClN10O2/c1-6-32(15-14-31(5)59-39-20-21-49-29(3)23-39)44-53-46(57-55-44)51-36-22-28(2)43(48)35(25-36)26-37-27-40(24-30(4)50-37)60-38-18-16-34(17-19-38)45-54-47(58-56-45)52-42-13-9-11-33-10-7-8-12-41(33)42/h6,9,11,13-25,27H,5,7-8,10,12,26H2,1-4H3,(H2,51,53,55,57)(H2,52,54,56,58)/b15-14-,32-6+. The van der Waals surface area contributed by atoms with Crippen molar-refractivity contribution in [1.82, 2.24) is 40.3 Å². The van der Waals surface area contributed by atoms with Crippen LogP contribution in [-0.2, 0) is 19.3 Å². The average Bonchev–Trinajstić information content (AvgIpc) is 3.90. The SMILES string of the molecule is C=C(/C=C\C(=C/C)c1nnc(Nc2cc(C)c(Cl)c(Cc3cc(Oc4ccc(-c5nnc(Nc6cccc7c6CCCC7)[nH]5)cc4)cc(C)n3)c2)[nH]1)Oc1ccnc(C)c1. The lowest BCUT2D eigenvalue weighted by atomic mass is 9.90. The number of fused-ring (bicyclic) bond motifs is 1. The number of benzene rings is 3. The summed E-state index contributed by atoms with van der Waals surface area (Å²) >= 11 is 6.87. The molecule has 0 spiro atoms. The molecule has 0 bridgehead atoms. The van der Waals surface area contributed by atoms with E-state index in [1.807, 2.05) is 94.4 Å². The van der Waals surface area contributed by atoms with Gasteiger partial charge in [0.05, 0.1) is 0 Å². The van der Waals surface area contributed by atoms with Gasteiger partial charge in [-0.1, -0.05) is 36.4 Å². The van der Waals surface area contributed by atoms with Crippen LogP contribution < -0.4 is 20.1 Å². The quantitative estimate of drug-likeness (QED) is 0.0616. The molecule has 8 rings (SSSR count). The molecule has 13 heteroatoms. The molecule has 302 valence electrons. The zero-order valence-electron chi connectivity index (χ0n) is 33.9. The summed E-state index contributed by atoms with van der Waals surface area (Å²) in [6, 6.07) is 25.7. The molecule has 0 radical (unpaired) electrons. The van der Waals surface area contributed by atoms with Crippen molar-refractivity contribution in [1.29, 1.82) is 0 Å². The first-order valence-corrected chi connectivity index (χ1v) is 20.2. The van der Waals surface area contributed by atoms with Crippen LogP contribution in [0.5, 0.6) is 17.2 Å². The summed E-state index contributed by atoms with van der Waals surface area (Å²) < 4.78 is 12.2. The highest BCUT2D eigenvalue weighted by Crippen LogP contribution is 2.32. The van der Waals surface area contributed by atoms with Crippen molar-refractivity contribution in [2.45, 2.75) is 59.8 Å². The minimum atomic E-state index is 0.477. The van der Waals surface area contributed by atoms with E-state index in [1.165, 1.54) is 24.0 Å². The maximum Gasteiger partial charge on any atom is 0.226 e. The molecule has 0 saturated heterocycles. The zero-order valence-corrected chi connectivity index (χ0v) is 34.7. The van der Waals surface area contributed by atoms with Gasteiger partial charge in [-0.3, -0.25) is 9.97 Å². The molecule has 4 N–H and O–H groups in total. The number of halogens is 1. The Morgan fingerprint density at radius 3 is 2.45 bits per heavy atom. The highest BCUT2D eigenvalue weighted by molar-refractivity contribution is 6.32. The van der Waals surface area contributed by atoms with Crippen molar-refractivity contribution in [3.05, 3.63) is 166 Å². The van der Waals surface area contributed by atoms with E-state index in [4.69, 9.17) is 26.1 Å². The van der Waals surface area contributed by atoms with Crippen molar-refractivity contribution in [2.75, 3.05) is 10.6 Å². The Kier molecular flexibility index (Phi) is 11.8. The second-order valence-electron chi connectivity index (χ2n) is 14.7. The molecular formula is C47H45ClN10O2. The summed E-state index contributed by atoms with van der Waals surface area (Å²) in [5.74, 6) is 4.86. The normalized spacial score (nSPS) is 12.7. The third-order valence-electron chi connectivity index (χ3n) is 10.1. The second-order valence-corrected chi connectivity index (χ2v) is 15.1. The Bertz CT molecular complexity index is 2730. The van der Waals surface area contributed by atoms with E-state index in [9.17, 15) is 0 Å². The van der Waals surface area contributed by atoms with Crippen molar-refractivity contribution in [3.63, 3.8) is 0 Å². The number of pyridine rings is 2. The number of allylic oxidation sites excluding steroid dienone is 4. The summed E-state index contributed by atoms with van der Waals surface area (Å²) in [4.78, 5) is 15.6. The van der Waals surface area contributed by atoms with E-state index in [2.05, 4.69) is 70.8 Å². The topological polar surface area (TPSA) is 151 Å². The Hall–Kier alpha value is -7.05. The van der Waals surface area contributed by atoms with E-state index in [1.54, 1.807) is 18.3 Å². The number of hydrogen-bond acceptors (Lipinski definition) is 10. The van der Waals surface area contributed by atoms with E-state index < -0.39 is 0 Å². The number of anilines is 4.